The fourth-order valence-electron chi connectivity index (χ4n) is 3.38. The van der Waals surface area contributed by atoms with Crippen LogP contribution in [0.25, 0.3) is 11.0 Å². The first-order valence-electron chi connectivity index (χ1n) is 8.73. The zero-order chi connectivity index (χ0) is 17.9. The topological polar surface area (TPSA) is 74.5 Å². The van der Waals surface area contributed by atoms with E-state index in [1.54, 1.807) is 11.3 Å². The first-order valence-corrected chi connectivity index (χ1v) is 9.61. The normalized spacial score (nSPS) is 15.0. The molecule has 8 heteroatoms. The van der Waals surface area contributed by atoms with Gasteiger partial charge >= 0.3 is 0 Å². The molecule has 1 aliphatic heterocycles. The van der Waals surface area contributed by atoms with Crippen molar-refractivity contribution in [2.75, 3.05) is 31.1 Å². The fraction of sp³-hybridized carbons (Fsp3) is 0.389. The second-order valence-corrected chi connectivity index (χ2v) is 7.13. The molecule has 1 N–H and O–H groups in total. The number of aliphatic hydroxyl groups excluding tert-OH is 1. The Morgan fingerprint density at radius 1 is 1.19 bits per heavy atom. The SMILES string of the molecule is O=C(CCn1c(CO)nc2ccccc21)N1CCN(c2nccs2)CC1. The lowest BCUT2D eigenvalue weighted by atomic mass is 10.2. The molecule has 0 radical (unpaired) electrons. The van der Waals surface area contributed by atoms with E-state index in [1.165, 1.54) is 0 Å². The minimum Gasteiger partial charge on any atom is -0.388 e. The maximum atomic E-state index is 12.6. The van der Waals surface area contributed by atoms with E-state index >= 15 is 0 Å². The number of carbonyl (C=O) groups is 1. The molecule has 1 amide bonds. The van der Waals surface area contributed by atoms with Crippen molar-refractivity contribution in [3.63, 3.8) is 0 Å². The van der Waals surface area contributed by atoms with Crippen LogP contribution in [-0.2, 0) is 17.9 Å². The molecule has 4 rings (SSSR count). The van der Waals surface area contributed by atoms with Crippen LogP contribution >= 0.6 is 11.3 Å². The summed E-state index contributed by atoms with van der Waals surface area (Å²) in [5, 5.41) is 12.6. The van der Waals surface area contributed by atoms with Crippen molar-refractivity contribution >= 4 is 33.4 Å². The third-order valence-corrected chi connectivity index (χ3v) is 5.58. The lowest BCUT2D eigenvalue weighted by Crippen LogP contribution is -2.48. The maximum Gasteiger partial charge on any atom is 0.224 e. The number of aromatic nitrogens is 3. The number of piperazine rings is 1. The lowest BCUT2D eigenvalue weighted by Gasteiger charge is -2.34. The first kappa shape index (κ1) is 17.0. The fourth-order valence-corrected chi connectivity index (χ4v) is 4.08. The van der Waals surface area contributed by atoms with Crippen LogP contribution in [-0.4, -0.2) is 56.6 Å². The van der Waals surface area contributed by atoms with Crippen LogP contribution in [0.4, 0.5) is 5.13 Å². The molecule has 136 valence electrons. The molecule has 3 heterocycles. The summed E-state index contributed by atoms with van der Waals surface area (Å²) in [5.41, 5.74) is 1.80. The van der Waals surface area contributed by atoms with Crippen molar-refractivity contribution in [3.05, 3.63) is 41.7 Å². The van der Waals surface area contributed by atoms with Gasteiger partial charge in [0.25, 0.3) is 0 Å². The molecule has 1 aromatic carbocycles. The van der Waals surface area contributed by atoms with E-state index < -0.39 is 0 Å². The third-order valence-electron chi connectivity index (χ3n) is 4.75. The van der Waals surface area contributed by atoms with E-state index in [-0.39, 0.29) is 12.5 Å². The predicted molar refractivity (Wildman–Crippen MR) is 101 cm³/mol. The Labute approximate surface area is 155 Å². The highest BCUT2D eigenvalue weighted by Gasteiger charge is 2.22. The van der Waals surface area contributed by atoms with Gasteiger partial charge in [0.15, 0.2) is 5.13 Å². The van der Waals surface area contributed by atoms with Crippen molar-refractivity contribution in [1.29, 1.82) is 0 Å². The van der Waals surface area contributed by atoms with E-state index in [2.05, 4.69) is 14.9 Å². The minimum absolute atomic E-state index is 0.130. The van der Waals surface area contributed by atoms with Gasteiger partial charge in [0, 0.05) is 50.7 Å². The summed E-state index contributed by atoms with van der Waals surface area (Å²) >= 11 is 1.63. The van der Waals surface area contributed by atoms with Gasteiger partial charge in [0.05, 0.1) is 11.0 Å². The van der Waals surface area contributed by atoms with Gasteiger partial charge in [-0.3, -0.25) is 4.79 Å². The molecular formula is C18H21N5O2S. The van der Waals surface area contributed by atoms with Crippen LogP contribution < -0.4 is 4.90 Å². The van der Waals surface area contributed by atoms with Crippen molar-refractivity contribution in [2.45, 2.75) is 19.6 Å². The number of hydrogen-bond acceptors (Lipinski definition) is 6. The van der Waals surface area contributed by atoms with Crippen LogP contribution in [0.5, 0.6) is 0 Å². The molecule has 2 aromatic heterocycles. The number of benzene rings is 1. The molecule has 0 atom stereocenters. The van der Waals surface area contributed by atoms with Gasteiger partial charge in [-0.25, -0.2) is 9.97 Å². The van der Waals surface area contributed by atoms with Crippen molar-refractivity contribution in [1.82, 2.24) is 19.4 Å². The highest BCUT2D eigenvalue weighted by molar-refractivity contribution is 7.13. The van der Waals surface area contributed by atoms with Gasteiger partial charge in [-0.05, 0) is 12.1 Å². The van der Waals surface area contributed by atoms with E-state index in [0.29, 0.717) is 18.8 Å². The van der Waals surface area contributed by atoms with Gasteiger partial charge in [-0.1, -0.05) is 12.1 Å². The van der Waals surface area contributed by atoms with Crippen molar-refractivity contribution in [2.24, 2.45) is 0 Å². The number of nitrogens with zero attached hydrogens (tertiary/aromatic N) is 5. The van der Waals surface area contributed by atoms with Gasteiger partial charge in [0.1, 0.15) is 12.4 Å². The van der Waals surface area contributed by atoms with Gasteiger partial charge in [0.2, 0.25) is 5.91 Å². The summed E-state index contributed by atoms with van der Waals surface area (Å²) in [5.74, 6) is 0.748. The number of carbonyl (C=O) groups excluding carboxylic acids is 1. The second-order valence-electron chi connectivity index (χ2n) is 6.26. The molecule has 0 unspecified atom stereocenters. The lowest BCUT2D eigenvalue weighted by molar-refractivity contribution is -0.131. The molecule has 1 saturated heterocycles. The van der Waals surface area contributed by atoms with Crippen molar-refractivity contribution < 1.29 is 9.90 Å². The smallest absolute Gasteiger partial charge is 0.224 e. The monoisotopic (exact) mass is 371 g/mol. The third kappa shape index (κ3) is 3.30. The van der Waals surface area contributed by atoms with Gasteiger partial charge < -0.3 is 19.5 Å². The Bertz CT molecular complexity index is 884. The average molecular weight is 371 g/mol. The summed E-state index contributed by atoms with van der Waals surface area (Å²) < 4.78 is 1.94. The number of anilines is 1. The van der Waals surface area contributed by atoms with Gasteiger partial charge in [-0.2, -0.15) is 0 Å². The number of aryl methyl sites for hydroxylation is 1. The van der Waals surface area contributed by atoms with E-state index in [4.69, 9.17) is 0 Å². The number of fused-ring (bicyclic) bond motifs is 1. The molecule has 0 bridgehead atoms. The Balaban J connectivity index is 1.38. The Hall–Kier alpha value is -2.45. The largest absolute Gasteiger partial charge is 0.388 e. The zero-order valence-corrected chi connectivity index (χ0v) is 15.2. The molecular weight excluding hydrogens is 350 g/mol. The summed E-state index contributed by atoms with van der Waals surface area (Å²) in [6.45, 7) is 3.47. The standard InChI is InChI=1S/C18H21N5O2S/c24-13-16-20-14-3-1-2-4-15(14)23(16)7-5-17(25)21-8-10-22(11-9-21)18-19-6-12-26-18/h1-4,6,12,24H,5,7-11,13H2. The van der Waals surface area contributed by atoms with Crippen molar-refractivity contribution in [3.8, 4) is 0 Å². The molecule has 1 fully saturated rings. The molecule has 1 aliphatic rings. The molecule has 26 heavy (non-hydrogen) atoms. The Kier molecular flexibility index (Phi) is 4.85. The number of para-hydroxylation sites is 2. The van der Waals surface area contributed by atoms with Crippen LogP contribution in [0, 0.1) is 0 Å². The predicted octanol–water partition coefficient (Wildman–Crippen LogP) is 1.72. The number of amides is 1. The summed E-state index contributed by atoms with van der Waals surface area (Å²) in [4.78, 5) is 25.5. The average Bonchev–Trinajstić information content (AvgIpc) is 3.34. The quantitative estimate of drug-likeness (QED) is 0.739. The Morgan fingerprint density at radius 3 is 2.73 bits per heavy atom. The van der Waals surface area contributed by atoms with Gasteiger partial charge in [-0.15, -0.1) is 11.3 Å². The maximum absolute atomic E-state index is 12.6. The second kappa shape index (κ2) is 7.43. The van der Waals surface area contributed by atoms with Crippen LogP contribution in [0.15, 0.2) is 35.8 Å². The summed E-state index contributed by atoms with van der Waals surface area (Å²) in [6.07, 6.45) is 2.22. The summed E-state index contributed by atoms with van der Waals surface area (Å²) in [7, 11) is 0. The molecule has 7 nitrogen and oxygen atoms in total. The van der Waals surface area contributed by atoms with E-state index in [1.807, 2.05) is 45.3 Å². The van der Waals surface area contributed by atoms with Crippen LogP contribution in [0.3, 0.4) is 0 Å². The number of hydrogen-bond donors (Lipinski definition) is 1. The zero-order valence-electron chi connectivity index (χ0n) is 14.4. The molecule has 3 aromatic rings. The highest BCUT2D eigenvalue weighted by Crippen LogP contribution is 2.20. The summed E-state index contributed by atoms with van der Waals surface area (Å²) in [6, 6.07) is 7.76. The molecule has 0 saturated carbocycles. The Morgan fingerprint density at radius 2 is 2.00 bits per heavy atom. The molecule has 0 spiro atoms. The van der Waals surface area contributed by atoms with Crippen LogP contribution in [0.2, 0.25) is 0 Å². The van der Waals surface area contributed by atoms with E-state index in [9.17, 15) is 9.90 Å². The first-order chi connectivity index (χ1) is 12.8. The van der Waals surface area contributed by atoms with E-state index in [0.717, 1.165) is 42.3 Å². The number of aliphatic hydroxyl groups is 1. The minimum atomic E-state index is -0.130. The number of thiazole rings is 1. The van der Waals surface area contributed by atoms with Crippen LogP contribution in [0.1, 0.15) is 12.2 Å². The highest BCUT2D eigenvalue weighted by atomic mass is 32.1. The number of imidazole rings is 1. The molecule has 0 aliphatic carbocycles. The number of rotatable bonds is 5.